The second-order valence-electron chi connectivity index (χ2n) is 7.16. The summed E-state index contributed by atoms with van der Waals surface area (Å²) in [6.07, 6.45) is 12.0. The molecule has 0 spiro atoms. The van der Waals surface area contributed by atoms with Crippen LogP contribution in [0.5, 0.6) is 0 Å². The summed E-state index contributed by atoms with van der Waals surface area (Å²) in [4.78, 5) is 10.7. The Morgan fingerprint density at radius 3 is 1.67 bits per heavy atom. The predicted molar refractivity (Wildman–Crippen MR) is 102 cm³/mol. The van der Waals surface area contributed by atoms with Crippen LogP contribution in [0.4, 0.5) is 0 Å². The Balaban J connectivity index is 3.80. The van der Waals surface area contributed by atoms with Gasteiger partial charge in [0, 0.05) is 30.6 Å². The van der Waals surface area contributed by atoms with Crippen molar-refractivity contribution < 1.29 is 4.79 Å². The number of amides is 1. The van der Waals surface area contributed by atoms with E-state index in [4.69, 9.17) is 28.7 Å². The van der Waals surface area contributed by atoms with E-state index < -0.39 is 0 Å². The third-order valence-corrected chi connectivity index (χ3v) is 4.75. The van der Waals surface area contributed by atoms with Gasteiger partial charge in [0.25, 0.3) is 0 Å². The van der Waals surface area contributed by atoms with Gasteiger partial charge in [-0.2, -0.15) is 0 Å². The van der Waals surface area contributed by atoms with Gasteiger partial charge in [-0.25, -0.2) is 0 Å². The summed E-state index contributed by atoms with van der Waals surface area (Å²) in [7, 11) is 0. The molecule has 4 unspecified atom stereocenters. The molecular formula is C18H41N5O. The van der Waals surface area contributed by atoms with E-state index in [0.29, 0.717) is 12.8 Å². The summed E-state index contributed by atoms with van der Waals surface area (Å²) in [6, 6.07) is -0.369. The summed E-state index contributed by atoms with van der Waals surface area (Å²) >= 11 is 0. The Hall–Kier alpha value is -0.690. The number of nitrogens with two attached hydrogens (primary N) is 5. The largest absolute Gasteiger partial charge is 0.370 e. The molecule has 0 aromatic carbocycles. The van der Waals surface area contributed by atoms with Crippen LogP contribution in [0.2, 0.25) is 0 Å². The second-order valence-corrected chi connectivity index (χ2v) is 7.16. The van der Waals surface area contributed by atoms with Crippen molar-refractivity contribution in [2.45, 2.75) is 108 Å². The molecule has 0 aromatic rings. The Kier molecular flexibility index (Phi) is 14.2. The molecule has 6 nitrogen and oxygen atoms in total. The summed E-state index contributed by atoms with van der Waals surface area (Å²) in [5.41, 5.74) is 29.8. The van der Waals surface area contributed by atoms with Crippen molar-refractivity contribution >= 4 is 5.91 Å². The van der Waals surface area contributed by atoms with Gasteiger partial charge in [-0.15, -0.1) is 0 Å². The number of hydrogen-bond acceptors (Lipinski definition) is 5. The topological polar surface area (TPSA) is 147 Å². The lowest BCUT2D eigenvalue weighted by molar-refractivity contribution is -0.118. The van der Waals surface area contributed by atoms with Gasteiger partial charge in [0.1, 0.15) is 0 Å². The van der Waals surface area contributed by atoms with E-state index >= 15 is 0 Å². The van der Waals surface area contributed by atoms with Crippen molar-refractivity contribution in [3.8, 4) is 0 Å². The summed E-state index contributed by atoms with van der Waals surface area (Å²) in [6.45, 7) is 2.22. The molecule has 1 amide bonds. The maximum Gasteiger partial charge on any atom is 0.217 e. The molecule has 0 bridgehead atoms. The van der Waals surface area contributed by atoms with Crippen LogP contribution in [0.25, 0.3) is 0 Å². The fraction of sp³-hybridized carbons (Fsp3) is 0.944. The Labute approximate surface area is 148 Å². The molecule has 0 aliphatic carbocycles. The maximum absolute atomic E-state index is 10.7. The molecule has 0 aliphatic heterocycles. The van der Waals surface area contributed by atoms with Crippen LogP contribution in [-0.2, 0) is 4.79 Å². The van der Waals surface area contributed by atoms with Crippen molar-refractivity contribution in [1.29, 1.82) is 0 Å². The van der Waals surface area contributed by atoms with Crippen molar-refractivity contribution in [2.75, 3.05) is 0 Å². The zero-order valence-corrected chi connectivity index (χ0v) is 15.6. The Morgan fingerprint density at radius 1 is 0.708 bits per heavy atom. The van der Waals surface area contributed by atoms with Gasteiger partial charge in [-0.3, -0.25) is 4.79 Å². The van der Waals surface area contributed by atoms with Crippen LogP contribution in [-0.4, -0.2) is 30.1 Å². The van der Waals surface area contributed by atoms with Crippen LogP contribution < -0.4 is 28.7 Å². The van der Waals surface area contributed by atoms with Gasteiger partial charge in [0.2, 0.25) is 5.91 Å². The molecule has 0 saturated heterocycles. The number of unbranched alkanes of at least 4 members (excludes halogenated alkanes) is 6. The number of hydrogen-bond donors (Lipinski definition) is 5. The van der Waals surface area contributed by atoms with E-state index in [1.165, 1.54) is 32.1 Å². The van der Waals surface area contributed by atoms with E-state index in [1.54, 1.807) is 0 Å². The van der Waals surface area contributed by atoms with Crippen LogP contribution >= 0.6 is 0 Å². The van der Waals surface area contributed by atoms with E-state index in [9.17, 15) is 4.79 Å². The molecule has 10 N–H and O–H groups in total. The Bertz CT molecular complexity index is 314. The fourth-order valence-electron chi connectivity index (χ4n) is 2.93. The molecule has 0 rings (SSSR count). The lowest BCUT2D eigenvalue weighted by atomic mass is 9.92. The smallest absolute Gasteiger partial charge is 0.217 e. The lowest BCUT2D eigenvalue weighted by Crippen LogP contribution is -2.50. The SMILES string of the molecule is CCCCCCCCC(N)C(N)CC(N)C(N)CCCCC(N)=O. The third kappa shape index (κ3) is 12.7. The molecular weight excluding hydrogens is 302 g/mol. The molecule has 0 heterocycles. The highest BCUT2D eigenvalue weighted by Gasteiger charge is 2.20. The highest BCUT2D eigenvalue weighted by atomic mass is 16.1. The average Bonchev–Trinajstić information content (AvgIpc) is 2.53. The first-order valence-electron chi connectivity index (χ1n) is 9.69. The maximum atomic E-state index is 10.7. The molecule has 0 radical (unpaired) electrons. The van der Waals surface area contributed by atoms with Gasteiger partial charge in [-0.05, 0) is 25.7 Å². The first-order valence-corrected chi connectivity index (χ1v) is 9.69. The highest BCUT2D eigenvalue weighted by molar-refractivity contribution is 5.73. The van der Waals surface area contributed by atoms with E-state index in [2.05, 4.69) is 6.92 Å². The van der Waals surface area contributed by atoms with E-state index in [0.717, 1.165) is 32.1 Å². The molecule has 6 heteroatoms. The van der Waals surface area contributed by atoms with Crippen molar-refractivity contribution in [3.63, 3.8) is 0 Å². The second kappa shape index (κ2) is 14.6. The monoisotopic (exact) mass is 343 g/mol. The first kappa shape index (κ1) is 23.3. The molecule has 144 valence electrons. The average molecular weight is 344 g/mol. The number of rotatable bonds is 16. The minimum atomic E-state index is -0.268. The van der Waals surface area contributed by atoms with Gasteiger partial charge >= 0.3 is 0 Å². The molecule has 24 heavy (non-hydrogen) atoms. The summed E-state index contributed by atoms with van der Waals surface area (Å²) in [5, 5.41) is 0. The normalized spacial score (nSPS) is 16.5. The first-order chi connectivity index (χ1) is 11.4. The minimum absolute atomic E-state index is 0.00992. The van der Waals surface area contributed by atoms with Crippen molar-refractivity contribution in [1.82, 2.24) is 0 Å². The molecule has 0 fully saturated rings. The van der Waals surface area contributed by atoms with Gasteiger partial charge in [0.15, 0.2) is 0 Å². The fourth-order valence-corrected chi connectivity index (χ4v) is 2.93. The molecule has 4 atom stereocenters. The van der Waals surface area contributed by atoms with Gasteiger partial charge in [0.05, 0.1) is 0 Å². The zero-order chi connectivity index (χ0) is 18.4. The minimum Gasteiger partial charge on any atom is -0.370 e. The van der Waals surface area contributed by atoms with Crippen LogP contribution in [0.3, 0.4) is 0 Å². The number of carbonyl (C=O) groups excluding carboxylic acids is 1. The molecule has 0 aromatic heterocycles. The van der Waals surface area contributed by atoms with E-state index in [1.807, 2.05) is 0 Å². The molecule has 0 saturated carbocycles. The lowest BCUT2D eigenvalue weighted by Gasteiger charge is -2.26. The van der Waals surface area contributed by atoms with E-state index in [-0.39, 0.29) is 30.1 Å². The van der Waals surface area contributed by atoms with Crippen LogP contribution in [0.15, 0.2) is 0 Å². The zero-order valence-electron chi connectivity index (χ0n) is 15.6. The van der Waals surface area contributed by atoms with Crippen molar-refractivity contribution in [3.05, 3.63) is 0 Å². The number of carbonyl (C=O) groups is 1. The Morgan fingerprint density at radius 2 is 1.17 bits per heavy atom. The van der Waals surface area contributed by atoms with Gasteiger partial charge < -0.3 is 28.7 Å². The predicted octanol–water partition coefficient (Wildman–Crippen LogP) is 1.48. The quantitative estimate of drug-likeness (QED) is 0.269. The highest BCUT2D eigenvalue weighted by Crippen LogP contribution is 2.12. The van der Waals surface area contributed by atoms with Crippen LogP contribution in [0.1, 0.15) is 84.0 Å². The summed E-state index contributed by atoms with van der Waals surface area (Å²) < 4.78 is 0. The summed E-state index contributed by atoms with van der Waals surface area (Å²) in [5.74, 6) is -0.268. The van der Waals surface area contributed by atoms with Crippen molar-refractivity contribution in [2.24, 2.45) is 28.7 Å². The standard InChI is InChI=1S/C18H41N5O/c1-2-3-4-5-6-7-10-14(19)16(21)13-17(22)15(20)11-8-9-12-18(23)24/h14-17H,2-13,19-22H2,1H3,(H2,23,24). The van der Waals surface area contributed by atoms with Crippen LogP contribution in [0, 0.1) is 0 Å². The number of primary amides is 1. The molecule has 0 aliphatic rings. The van der Waals surface area contributed by atoms with Gasteiger partial charge in [-0.1, -0.05) is 51.9 Å². The third-order valence-electron chi connectivity index (χ3n) is 4.75.